The minimum Gasteiger partial charge on any atom is -0.406 e. The van der Waals surface area contributed by atoms with E-state index in [1.165, 1.54) is 25.1 Å². The molecule has 4 nitrogen and oxygen atoms in total. The van der Waals surface area contributed by atoms with Gasteiger partial charge in [-0.3, -0.25) is 5.41 Å². The van der Waals surface area contributed by atoms with Gasteiger partial charge in [-0.15, -0.1) is 13.2 Å². The number of nitrogen functional groups attached to an aromatic ring is 1. The largest absolute Gasteiger partial charge is 0.573 e. The van der Waals surface area contributed by atoms with Gasteiger partial charge < -0.3 is 15.6 Å². The molecule has 4 fully saturated rings. The van der Waals surface area contributed by atoms with Crippen LogP contribution in [-0.4, -0.2) is 17.7 Å². The van der Waals surface area contributed by atoms with Gasteiger partial charge in [0.2, 0.25) is 0 Å². The Labute approximate surface area is 149 Å². The van der Waals surface area contributed by atoms with Crippen molar-refractivity contribution in [2.75, 3.05) is 5.73 Å². The number of ether oxygens (including phenoxy) is 1. The highest BCUT2D eigenvalue weighted by Crippen LogP contribution is 2.86. The van der Waals surface area contributed by atoms with Crippen LogP contribution in [0.2, 0.25) is 0 Å². The average molecular weight is 367 g/mol. The molecule has 0 aromatic heterocycles. The molecule has 0 bridgehead atoms. The molecule has 6 unspecified atom stereocenters. The van der Waals surface area contributed by atoms with Gasteiger partial charge in [0.15, 0.2) is 6.21 Å². The lowest BCUT2D eigenvalue weighted by Gasteiger charge is -2.74. The first-order chi connectivity index (χ1) is 12.2. The quantitative estimate of drug-likeness (QED) is 0.565. The van der Waals surface area contributed by atoms with Crippen LogP contribution < -0.4 is 15.9 Å². The highest BCUT2D eigenvalue weighted by atomic mass is 19.4. The number of nitrogens with two attached hydrogens (primary N) is 2. The van der Waals surface area contributed by atoms with Gasteiger partial charge in [0.1, 0.15) is 5.75 Å². The first-order valence-electron chi connectivity index (χ1n) is 9.20. The zero-order valence-corrected chi connectivity index (χ0v) is 14.2. The van der Waals surface area contributed by atoms with E-state index in [4.69, 9.17) is 11.1 Å². The lowest BCUT2D eigenvalue weighted by atomic mass is 9.31. The van der Waals surface area contributed by atoms with E-state index in [0.717, 1.165) is 25.3 Å². The van der Waals surface area contributed by atoms with Gasteiger partial charge in [-0.05, 0) is 67.3 Å². The Kier molecular flexibility index (Phi) is 2.99. The summed E-state index contributed by atoms with van der Waals surface area (Å²) >= 11 is 0. The van der Waals surface area contributed by atoms with Crippen molar-refractivity contribution in [3.05, 3.63) is 23.3 Å². The highest BCUT2D eigenvalue weighted by Gasteiger charge is 2.83. The van der Waals surface area contributed by atoms with Crippen molar-refractivity contribution >= 4 is 11.9 Å². The summed E-state index contributed by atoms with van der Waals surface area (Å²) in [7, 11) is 0. The summed E-state index contributed by atoms with van der Waals surface area (Å²) in [6, 6.07) is 2.40. The van der Waals surface area contributed by atoms with Gasteiger partial charge in [0.25, 0.3) is 0 Å². The Hall–Kier alpha value is -1.76. The average Bonchev–Trinajstić information content (AvgIpc) is 3.05. The van der Waals surface area contributed by atoms with E-state index in [-0.39, 0.29) is 22.9 Å². The lowest BCUT2D eigenvalue weighted by Crippen LogP contribution is -2.74. The van der Waals surface area contributed by atoms with Gasteiger partial charge >= 0.3 is 6.36 Å². The second-order valence-electron chi connectivity index (χ2n) is 8.40. The number of hydrogen-bond donors (Lipinski definition) is 3. The summed E-state index contributed by atoms with van der Waals surface area (Å²) in [5.74, 6) is 1.06. The summed E-state index contributed by atoms with van der Waals surface area (Å²) in [6.07, 6.45) is 1.82. The van der Waals surface area contributed by atoms with Crippen molar-refractivity contribution in [2.24, 2.45) is 29.1 Å². The zero-order chi connectivity index (χ0) is 18.5. The molecule has 1 spiro atoms. The monoisotopic (exact) mass is 367 g/mol. The molecular weight excluding hydrogens is 345 g/mol. The van der Waals surface area contributed by atoms with E-state index >= 15 is 0 Å². The molecule has 5 rings (SSSR count). The third-order valence-electron chi connectivity index (χ3n) is 7.89. The third kappa shape index (κ3) is 1.68. The van der Waals surface area contributed by atoms with Gasteiger partial charge in [-0.25, -0.2) is 0 Å². The molecule has 140 valence electrons. The van der Waals surface area contributed by atoms with E-state index in [9.17, 15) is 18.3 Å². The van der Waals surface area contributed by atoms with Crippen molar-refractivity contribution < 1.29 is 28.4 Å². The maximum atomic E-state index is 12.7. The molecule has 1 aromatic rings. The van der Waals surface area contributed by atoms with Crippen LogP contribution in [0.3, 0.4) is 0 Å². The summed E-state index contributed by atoms with van der Waals surface area (Å²) in [5.41, 5.74) is 5.89. The predicted octanol–water partition coefficient (Wildman–Crippen LogP) is 1.99. The molecule has 0 amide bonds. The summed E-state index contributed by atoms with van der Waals surface area (Å²) in [4.78, 5) is 0. The maximum Gasteiger partial charge on any atom is 0.573 e. The summed E-state index contributed by atoms with van der Waals surface area (Å²) < 4.78 is 42.2. The summed E-state index contributed by atoms with van der Waals surface area (Å²) in [5, 5.41) is 17.4. The first kappa shape index (κ1) is 16.4. The van der Waals surface area contributed by atoms with Crippen LogP contribution in [0.25, 0.3) is 0 Å². The van der Waals surface area contributed by atoms with Crippen molar-refractivity contribution in [1.82, 2.24) is 0 Å². The minimum absolute atomic E-state index is 0.0745. The zero-order valence-electron chi connectivity index (χ0n) is 14.2. The number of anilines is 1. The number of hydrogen-bond acceptors (Lipinski definition) is 3. The SMILES string of the molecule is Nc1cc(OC(F)(F)F)cc(C2(O)C3CCC4CCC5CC2C453)c1C=[NH2+]. The molecule has 7 heteroatoms. The van der Waals surface area contributed by atoms with E-state index in [1.54, 1.807) is 0 Å². The van der Waals surface area contributed by atoms with Crippen LogP contribution in [-0.2, 0) is 5.60 Å². The lowest BCUT2D eigenvalue weighted by molar-refractivity contribution is -0.331. The summed E-state index contributed by atoms with van der Waals surface area (Å²) in [6.45, 7) is 0. The van der Waals surface area contributed by atoms with Gasteiger partial charge in [0, 0.05) is 17.3 Å². The fraction of sp³-hybridized carbons (Fsp3) is 0.632. The third-order valence-corrected chi connectivity index (χ3v) is 7.89. The van der Waals surface area contributed by atoms with Crippen LogP contribution in [0.15, 0.2) is 12.1 Å². The topological polar surface area (TPSA) is 81.1 Å². The van der Waals surface area contributed by atoms with E-state index in [1.807, 2.05) is 0 Å². The van der Waals surface area contributed by atoms with Gasteiger partial charge in [-0.2, -0.15) is 0 Å². The fourth-order valence-corrected chi connectivity index (χ4v) is 7.32. The van der Waals surface area contributed by atoms with Crippen LogP contribution in [0.5, 0.6) is 5.75 Å². The molecule has 4 saturated carbocycles. The van der Waals surface area contributed by atoms with Crippen molar-refractivity contribution in [3.8, 4) is 5.75 Å². The van der Waals surface area contributed by atoms with E-state index in [2.05, 4.69) is 4.74 Å². The fourth-order valence-electron chi connectivity index (χ4n) is 7.32. The molecule has 0 heterocycles. The maximum absolute atomic E-state index is 12.7. The Morgan fingerprint density at radius 1 is 1.15 bits per heavy atom. The predicted molar refractivity (Wildman–Crippen MR) is 88.0 cm³/mol. The minimum atomic E-state index is -4.81. The van der Waals surface area contributed by atoms with Gasteiger partial charge in [-0.1, -0.05) is 0 Å². The number of halogens is 3. The highest BCUT2D eigenvalue weighted by molar-refractivity contribution is 5.87. The standard InChI is InChI=1S/C19H21F3N2O2/c20-19(21,22)26-11-6-13(12(8-23)14(24)7-11)18(25)15-4-3-9-1-2-10-5-16(18)17(9,10)15/h6-10,15-16,23,25H,1-5,24H2/p+1. The molecule has 4 aliphatic carbocycles. The number of benzene rings is 1. The number of rotatable bonds is 3. The molecule has 26 heavy (non-hydrogen) atoms. The second-order valence-corrected chi connectivity index (χ2v) is 8.40. The molecule has 0 aliphatic heterocycles. The number of aliphatic hydroxyl groups is 1. The molecule has 6 atom stereocenters. The normalized spacial score (nSPS) is 42.5. The Balaban J connectivity index is 1.61. The molecule has 1 aromatic carbocycles. The Morgan fingerprint density at radius 2 is 1.85 bits per heavy atom. The molecular formula is C19H22F3N2O2+. The Bertz CT molecular complexity index is 811. The van der Waals surface area contributed by atoms with Crippen LogP contribution in [0, 0.1) is 29.1 Å². The van der Waals surface area contributed by atoms with Crippen LogP contribution in [0.1, 0.15) is 43.2 Å². The van der Waals surface area contributed by atoms with Crippen molar-refractivity contribution in [3.63, 3.8) is 0 Å². The number of alkyl halides is 3. The molecule has 4 aliphatic rings. The van der Waals surface area contributed by atoms with Crippen LogP contribution in [0.4, 0.5) is 18.9 Å². The van der Waals surface area contributed by atoms with Crippen molar-refractivity contribution in [2.45, 2.75) is 44.1 Å². The van der Waals surface area contributed by atoms with Crippen LogP contribution >= 0.6 is 0 Å². The first-order valence-corrected chi connectivity index (χ1v) is 9.20. The van der Waals surface area contributed by atoms with E-state index in [0.29, 0.717) is 23.0 Å². The second kappa shape index (κ2) is 4.74. The van der Waals surface area contributed by atoms with Gasteiger partial charge in [0.05, 0.1) is 11.2 Å². The van der Waals surface area contributed by atoms with Crippen molar-refractivity contribution in [1.29, 1.82) is 0 Å². The molecule has 0 saturated heterocycles. The molecule has 0 radical (unpaired) electrons. The smallest absolute Gasteiger partial charge is 0.406 e. The van der Waals surface area contributed by atoms with E-state index < -0.39 is 17.7 Å². The Morgan fingerprint density at radius 3 is 2.54 bits per heavy atom. The molecule has 5 N–H and O–H groups in total.